The molecule has 0 saturated carbocycles. The Morgan fingerprint density at radius 1 is 1.50 bits per heavy atom. The molecule has 0 aliphatic heterocycles. The van der Waals surface area contributed by atoms with Crippen LogP contribution < -0.4 is 5.11 Å². The Morgan fingerprint density at radius 3 is 1.50 bits per heavy atom. The first-order valence-electron chi connectivity index (χ1n) is 1.61. The Hall–Kier alpha value is -0.851. The number of aliphatic carboxylic acids is 1. The van der Waals surface area contributed by atoms with Crippen molar-refractivity contribution in [2.45, 2.75) is 6.92 Å². The molecule has 10 heavy (non-hydrogen) atoms. The second-order valence-corrected chi connectivity index (χ2v) is 0.715. The third-order valence-corrected chi connectivity index (χ3v) is 0. The van der Waals surface area contributed by atoms with Crippen LogP contribution in [-0.4, -0.2) is 15.2 Å². The summed E-state index contributed by atoms with van der Waals surface area (Å²) in [5.41, 5.74) is 0. The van der Waals surface area contributed by atoms with Crippen LogP contribution in [0.4, 0.5) is 0 Å². The van der Waals surface area contributed by atoms with Gasteiger partial charge in [0.1, 0.15) is 0 Å². The van der Waals surface area contributed by atoms with Gasteiger partial charge in [0.05, 0.1) is 5.09 Å². The summed E-state index contributed by atoms with van der Waals surface area (Å²) in [6, 6.07) is 0. The van der Waals surface area contributed by atoms with Crippen LogP contribution in [-0.2, 0) is 21.1 Å². The van der Waals surface area contributed by atoms with Gasteiger partial charge < -0.3 is 25.2 Å². The normalized spacial score (nSPS) is 5.40. The monoisotopic (exact) mass is 194 g/mol. The predicted octanol–water partition coefficient (Wildman–Crippen LogP) is -2.04. The van der Waals surface area contributed by atoms with Crippen LogP contribution >= 0.6 is 0 Å². The summed E-state index contributed by atoms with van der Waals surface area (Å²) in [6.45, 7) is 0.972. The SMILES string of the molecule is CC(=O)[O-].O=[N+]([O-])[O-].[OH][Fe+2]. The average molecular weight is 194 g/mol. The van der Waals surface area contributed by atoms with Gasteiger partial charge in [0.2, 0.25) is 0 Å². The molecule has 0 unspecified atom stereocenters. The second-order valence-electron chi connectivity index (χ2n) is 0.715. The van der Waals surface area contributed by atoms with E-state index in [0.717, 1.165) is 6.92 Å². The maximum absolute atomic E-state index is 8.89. The molecule has 61 valence electrons. The Morgan fingerprint density at radius 2 is 1.50 bits per heavy atom. The standard InChI is InChI=1S/C2H4O2.Fe.NO3.H2O/c1-2(3)4;;2-1(3)4;/h1H3,(H,3,4);;;1H2/q;+3;-1;/p-2. The minimum atomic E-state index is -1.75. The summed E-state index contributed by atoms with van der Waals surface area (Å²) in [7, 11) is 0. The van der Waals surface area contributed by atoms with Crippen LogP contribution in [0.15, 0.2) is 0 Å². The number of carboxylic acid groups (broad SMARTS) is 1. The third-order valence-electron chi connectivity index (χ3n) is 0. The molecule has 8 heteroatoms. The van der Waals surface area contributed by atoms with Gasteiger partial charge in [-0.1, -0.05) is 0 Å². The van der Waals surface area contributed by atoms with E-state index < -0.39 is 11.1 Å². The Bertz CT molecular complexity index is 73.7. The number of hydrogen-bond donors (Lipinski definition) is 1. The van der Waals surface area contributed by atoms with Crippen molar-refractivity contribution in [3.63, 3.8) is 0 Å². The number of hydrogen-bond acceptors (Lipinski definition) is 6. The molecule has 0 aromatic heterocycles. The molecular weight excluding hydrogens is 190 g/mol. The van der Waals surface area contributed by atoms with Crippen molar-refractivity contribution in [2.75, 3.05) is 0 Å². The van der Waals surface area contributed by atoms with E-state index in [0.29, 0.717) is 0 Å². The molecule has 0 spiro atoms. The number of nitrogens with zero attached hydrogens (tertiary/aromatic N) is 1. The van der Waals surface area contributed by atoms with E-state index in [9.17, 15) is 0 Å². The molecule has 0 bridgehead atoms. The minimum absolute atomic E-state index is 0.972. The van der Waals surface area contributed by atoms with E-state index in [1.165, 1.54) is 0 Å². The van der Waals surface area contributed by atoms with Crippen molar-refractivity contribution in [3.8, 4) is 0 Å². The third kappa shape index (κ3) is 374. The quantitative estimate of drug-likeness (QED) is 0.268. The maximum atomic E-state index is 8.89. The summed E-state index contributed by atoms with van der Waals surface area (Å²) in [6.07, 6.45) is 0. The Balaban J connectivity index is -0.0000000787. The first kappa shape index (κ1) is 16.1. The van der Waals surface area contributed by atoms with Crippen LogP contribution in [0.2, 0.25) is 0 Å². The van der Waals surface area contributed by atoms with E-state index >= 15 is 0 Å². The zero-order valence-electron chi connectivity index (χ0n) is 4.79. The van der Waals surface area contributed by atoms with Crippen molar-refractivity contribution in [1.29, 1.82) is 0 Å². The van der Waals surface area contributed by atoms with Gasteiger partial charge in [-0.2, -0.15) is 0 Å². The predicted molar refractivity (Wildman–Crippen MR) is 23.3 cm³/mol. The van der Waals surface area contributed by atoms with Crippen molar-refractivity contribution in [2.24, 2.45) is 0 Å². The van der Waals surface area contributed by atoms with Crippen molar-refractivity contribution >= 4 is 5.97 Å². The first-order chi connectivity index (χ1) is 4.46. The van der Waals surface area contributed by atoms with Gasteiger partial charge in [0.15, 0.2) is 0 Å². The molecule has 0 aliphatic rings. The van der Waals surface area contributed by atoms with Crippen LogP contribution in [0, 0.1) is 15.3 Å². The van der Waals surface area contributed by atoms with E-state index in [1.807, 2.05) is 0 Å². The van der Waals surface area contributed by atoms with E-state index in [1.54, 1.807) is 0 Å². The van der Waals surface area contributed by atoms with Gasteiger partial charge in [0.25, 0.3) is 0 Å². The molecule has 0 radical (unpaired) electrons. The van der Waals surface area contributed by atoms with Crippen molar-refractivity contribution in [3.05, 3.63) is 15.3 Å². The van der Waals surface area contributed by atoms with Crippen LogP contribution in [0.3, 0.4) is 0 Å². The number of carbonyl (C=O) groups excluding carboxylic acids is 1. The Labute approximate surface area is 64.5 Å². The molecule has 1 N–H and O–H groups in total. The zero-order valence-corrected chi connectivity index (χ0v) is 5.89. The van der Waals surface area contributed by atoms with E-state index in [-0.39, 0.29) is 0 Å². The fourth-order valence-electron chi connectivity index (χ4n) is 0. The average Bonchev–Trinajstić information content (AvgIpc) is 1.66. The molecule has 0 fully saturated rings. The zero-order chi connectivity index (χ0) is 9.15. The van der Waals surface area contributed by atoms with Gasteiger partial charge in [-0.25, -0.2) is 0 Å². The molecule has 0 saturated heterocycles. The van der Waals surface area contributed by atoms with Crippen molar-refractivity contribution in [1.82, 2.24) is 0 Å². The summed E-state index contributed by atoms with van der Waals surface area (Å²) < 4.78 is 6.75. The number of rotatable bonds is 0. The molecule has 0 heterocycles. The topological polar surface area (TPSA) is 127 Å². The summed E-state index contributed by atoms with van der Waals surface area (Å²) in [5.74, 6) is -1.08. The molecule has 0 amide bonds. The summed E-state index contributed by atoms with van der Waals surface area (Å²) in [4.78, 5) is 17.1. The van der Waals surface area contributed by atoms with E-state index in [4.69, 9.17) is 29.4 Å². The van der Waals surface area contributed by atoms with Crippen LogP contribution in [0.5, 0.6) is 0 Å². The molecule has 7 nitrogen and oxygen atoms in total. The molecule has 0 aliphatic carbocycles. The van der Waals surface area contributed by atoms with Crippen LogP contribution in [0.1, 0.15) is 6.92 Å². The molecular formula is C2H4FeNO6. The first-order valence-corrected chi connectivity index (χ1v) is 2.11. The van der Waals surface area contributed by atoms with Gasteiger partial charge in [-0.3, -0.25) is 0 Å². The van der Waals surface area contributed by atoms with E-state index in [2.05, 4.69) is 16.3 Å². The summed E-state index contributed by atoms with van der Waals surface area (Å²) >= 11 is 2.25. The molecule has 0 aromatic rings. The Kier molecular flexibility index (Phi) is 25.2. The van der Waals surface area contributed by atoms with Crippen molar-refractivity contribution < 1.29 is 35.5 Å². The van der Waals surface area contributed by atoms with Gasteiger partial charge in [-0.15, -0.1) is 0 Å². The molecule has 0 atom stereocenters. The fourth-order valence-corrected chi connectivity index (χ4v) is 0. The number of carboxylic acids is 1. The molecule has 0 rings (SSSR count). The van der Waals surface area contributed by atoms with Gasteiger partial charge >= 0.3 is 20.5 Å². The fraction of sp³-hybridized carbons (Fsp3) is 0.500. The second kappa shape index (κ2) is 15.7. The summed E-state index contributed by atoms with van der Waals surface area (Å²) in [5, 5.41) is 23.6. The number of carbonyl (C=O) groups is 1. The van der Waals surface area contributed by atoms with Gasteiger partial charge in [-0.05, 0) is 6.92 Å². The molecule has 0 aromatic carbocycles. The van der Waals surface area contributed by atoms with Gasteiger partial charge in [0, 0.05) is 5.97 Å². The van der Waals surface area contributed by atoms with Crippen LogP contribution in [0.25, 0.3) is 0 Å².